The molecule has 1 aliphatic rings. The molecular formula is C21H24N2O4S. The number of aromatic nitrogens is 1. The van der Waals surface area contributed by atoms with Crippen LogP contribution in [-0.4, -0.2) is 46.9 Å². The Balaban J connectivity index is 2.08. The summed E-state index contributed by atoms with van der Waals surface area (Å²) in [5.74, 6) is -1.39. The van der Waals surface area contributed by atoms with Gasteiger partial charge in [-0.05, 0) is 31.4 Å². The van der Waals surface area contributed by atoms with Gasteiger partial charge >= 0.3 is 0 Å². The molecule has 148 valence electrons. The van der Waals surface area contributed by atoms with Gasteiger partial charge in [0.05, 0.1) is 33.8 Å². The first-order chi connectivity index (χ1) is 13.4. The van der Waals surface area contributed by atoms with Crippen LogP contribution >= 0.6 is 11.3 Å². The van der Waals surface area contributed by atoms with E-state index >= 15 is 0 Å². The van der Waals surface area contributed by atoms with Gasteiger partial charge in [-0.15, -0.1) is 11.3 Å². The Hall–Kier alpha value is -2.51. The number of aryl methyl sites for hydroxylation is 3. The molecule has 0 radical (unpaired) electrons. The Labute approximate surface area is 168 Å². The zero-order valence-electron chi connectivity index (χ0n) is 16.5. The summed E-state index contributed by atoms with van der Waals surface area (Å²) >= 11 is 1.27. The molecule has 2 aromatic rings. The molecule has 28 heavy (non-hydrogen) atoms. The van der Waals surface area contributed by atoms with Crippen LogP contribution in [0.2, 0.25) is 0 Å². The van der Waals surface area contributed by atoms with Gasteiger partial charge in [0.2, 0.25) is 5.78 Å². The maximum atomic E-state index is 13.3. The lowest BCUT2D eigenvalue weighted by molar-refractivity contribution is -0.130. The van der Waals surface area contributed by atoms with Crippen molar-refractivity contribution in [1.29, 1.82) is 0 Å². The quantitative estimate of drug-likeness (QED) is 0.719. The van der Waals surface area contributed by atoms with Crippen molar-refractivity contribution in [2.24, 2.45) is 0 Å². The number of carbonyl (C=O) groups is 2. The number of rotatable bonds is 7. The van der Waals surface area contributed by atoms with E-state index in [4.69, 9.17) is 4.74 Å². The largest absolute Gasteiger partial charge is 0.503 e. The van der Waals surface area contributed by atoms with Gasteiger partial charge in [0.1, 0.15) is 0 Å². The normalized spacial score (nSPS) is 16.9. The lowest BCUT2D eigenvalue weighted by Crippen LogP contribution is -2.34. The summed E-state index contributed by atoms with van der Waals surface area (Å²) in [6.07, 6.45) is 0.892. The van der Waals surface area contributed by atoms with Gasteiger partial charge in [-0.3, -0.25) is 9.59 Å². The second-order valence-corrected chi connectivity index (χ2v) is 7.93. The predicted molar refractivity (Wildman–Crippen MR) is 108 cm³/mol. The Bertz CT molecular complexity index is 930. The highest BCUT2D eigenvalue weighted by atomic mass is 32.1. The molecule has 7 heteroatoms. The SMILES string of the molecule is CCc1ccc(C2C(C(=O)c3sc(C)nc3C)=C(O)C(=O)N2CCOC)cc1. The van der Waals surface area contributed by atoms with Crippen molar-refractivity contribution in [3.8, 4) is 0 Å². The van der Waals surface area contributed by atoms with E-state index in [0.717, 1.165) is 22.6 Å². The molecule has 0 spiro atoms. The maximum absolute atomic E-state index is 13.3. The highest BCUT2D eigenvalue weighted by Crippen LogP contribution is 2.40. The highest BCUT2D eigenvalue weighted by molar-refractivity contribution is 7.14. The topological polar surface area (TPSA) is 79.7 Å². The molecule has 3 rings (SSSR count). The Morgan fingerprint density at radius 2 is 1.96 bits per heavy atom. The smallest absolute Gasteiger partial charge is 0.290 e. The molecule has 1 amide bonds. The molecule has 0 fully saturated rings. The summed E-state index contributed by atoms with van der Waals surface area (Å²) in [5, 5.41) is 11.4. The number of nitrogens with zero attached hydrogens (tertiary/aromatic N) is 2. The van der Waals surface area contributed by atoms with E-state index in [1.54, 1.807) is 14.0 Å². The van der Waals surface area contributed by atoms with Crippen molar-refractivity contribution in [3.63, 3.8) is 0 Å². The van der Waals surface area contributed by atoms with Crippen LogP contribution in [0.3, 0.4) is 0 Å². The van der Waals surface area contributed by atoms with Crippen molar-refractivity contribution in [2.45, 2.75) is 33.2 Å². The molecule has 6 nitrogen and oxygen atoms in total. The zero-order valence-corrected chi connectivity index (χ0v) is 17.3. The number of aliphatic hydroxyl groups excluding tert-OH is 1. The fourth-order valence-electron chi connectivity index (χ4n) is 3.45. The fourth-order valence-corrected chi connectivity index (χ4v) is 4.33. The van der Waals surface area contributed by atoms with E-state index in [1.165, 1.54) is 16.2 Å². The molecule has 1 atom stereocenters. The van der Waals surface area contributed by atoms with Gasteiger partial charge in [-0.2, -0.15) is 0 Å². The van der Waals surface area contributed by atoms with E-state index in [0.29, 0.717) is 17.2 Å². The summed E-state index contributed by atoms with van der Waals surface area (Å²) in [4.78, 5) is 32.3. The Kier molecular flexibility index (Phi) is 5.96. The fraction of sp³-hybridized carbons (Fsp3) is 0.381. The molecular weight excluding hydrogens is 376 g/mol. The first-order valence-corrected chi connectivity index (χ1v) is 10.0. The van der Waals surface area contributed by atoms with Gasteiger partial charge in [-0.25, -0.2) is 4.98 Å². The maximum Gasteiger partial charge on any atom is 0.290 e. The number of thiazole rings is 1. The average Bonchev–Trinajstić information content (AvgIpc) is 3.16. The standard InChI is InChI=1S/C21H24N2O4S/c1-5-14-6-8-15(9-7-14)17-16(18(24)20-12(2)22-13(3)28-20)19(25)21(26)23(17)10-11-27-4/h6-9,17,25H,5,10-11H2,1-4H3. The van der Waals surface area contributed by atoms with E-state index in [1.807, 2.05) is 31.2 Å². The summed E-state index contributed by atoms with van der Waals surface area (Å²) in [5.41, 5.74) is 2.66. The summed E-state index contributed by atoms with van der Waals surface area (Å²) in [6.45, 7) is 6.24. The molecule has 1 N–H and O–H groups in total. The monoisotopic (exact) mass is 400 g/mol. The van der Waals surface area contributed by atoms with E-state index < -0.39 is 17.7 Å². The third kappa shape index (κ3) is 3.59. The summed E-state index contributed by atoms with van der Waals surface area (Å²) in [7, 11) is 1.55. The molecule has 0 aliphatic carbocycles. The van der Waals surface area contributed by atoms with E-state index in [2.05, 4.69) is 11.9 Å². The van der Waals surface area contributed by atoms with Gasteiger partial charge in [0, 0.05) is 13.7 Å². The van der Waals surface area contributed by atoms with Crippen LogP contribution in [0.4, 0.5) is 0 Å². The number of Topliss-reactive ketones (excluding diaryl/α,β-unsaturated/α-hetero) is 1. The van der Waals surface area contributed by atoms with Gasteiger partial charge in [-0.1, -0.05) is 31.2 Å². The molecule has 0 saturated heterocycles. The Morgan fingerprint density at radius 1 is 1.29 bits per heavy atom. The van der Waals surface area contributed by atoms with Gasteiger partial charge in [0.15, 0.2) is 5.76 Å². The van der Waals surface area contributed by atoms with E-state index in [-0.39, 0.29) is 17.9 Å². The number of amides is 1. The second kappa shape index (κ2) is 8.24. The van der Waals surface area contributed by atoms with Crippen LogP contribution in [-0.2, 0) is 16.0 Å². The Morgan fingerprint density at radius 3 is 2.50 bits per heavy atom. The van der Waals surface area contributed by atoms with Gasteiger partial charge < -0.3 is 14.7 Å². The third-order valence-corrected chi connectivity index (χ3v) is 5.97. The molecule has 1 unspecified atom stereocenters. The third-order valence-electron chi connectivity index (χ3n) is 4.90. The first-order valence-electron chi connectivity index (χ1n) is 9.19. The van der Waals surface area contributed by atoms with Crippen LogP contribution in [0.15, 0.2) is 35.6 Å². The van der Waals surface area contributed by atoms with Crippen LogP contribution in [0, 0.1) is 13.8 Å². The number of ether oxygens (including phenoxy) is 1. The number of carbonyl (C=O) groups excluding carboxylic acids is 2. The minimum Gasteiger partial charge on any atom is -0.503 e. The second-order valence-electron chi connectivity index (χ2n) is 6.73. The van der Waals surface area contributed by atoms with Crippen molar-refractivity contribution >= 4 is 23.0 Å². The minimum atomic E-state index is -0.650. The average molecular weight is 401 g/mol. The number of hydrogen-bond acceptors (Lipinski definition) is 6. The summed E-state index contributed by atoms with van der Waals surface area (Å²) in [6, 6.07) is 7.13. The van der Waals surface area contributed by atoms with Crippen LogP contribution in [0.25, 0.3) is 0 Å². The van der Waals surface area contributed by atoms with Crippen molar-refractivity contribution in [1.82, 2.24) is 9.88 Å². The number of aliphatic hydroxyl groups is 1. The lowest BCUT2D eigenvalue weighted by atomic mass is 9.94. The first kappa shape index (κ1) is 20.2. The van der Waals surface area contributed by atoms with Crippen molar-refractivity contribution in [3.05, 3.63) is 62.3 Å². The number of ketones is 1. The van der Waals surface area contributed by atoms with Gasteiger partial charge in [0.25, 0.3) is 5.91 Å². The van der Waals surface area contributed by atoms with E-state index in [9.17, 15) is 14.7 Å². The number of benzene rings is 1. The number of methoxy groups -OCH3 is 1. The molecule has 1 aromatic carbocycles. The summed E-state index contributed by atoms with van der Waals surface area (Å²) < 4.78 is 5.12. The molecule has 0 saturated carbocycles. The number of hydrogen-bond donors (Lipinski definition) is 1. The molecule has 0 bridgehead atoms. The molecule has 1 aliphatic heterocycles. The van der Waals surface area contributed by atoms with Crippen molar-refractivity contribution in [2.75, 3.05) is 20.3 Å². The van der Waals surface area contributed by atoms with Crippen molar-refractivity contribution < 1.29 is 19.4 Å². The zero-order chi connectivity index (χ0) is 20.4. The molecule has 1 aromatic heterocycles. The van der Waals surface area contributed by atoms with Crippen LogP contribution in [0.1, 0.15) is 44.5 Å². The predicted octanol–water partition coefficient (Wildman–Crippen LogP) is 3.55. The van der Waals surface area contributed by atoms with Crippen LogP contribution in [0.5, 0.6) is 0 Å². The minimum absolute atomic E-state index is 0.108. The van der Waals surface area contributed by atoms with Crippen LogP contribution < -0.4 is 0 Å². The molecule has 2 heterocycles. The lowest BCUT2D eigenvalue weighted by Gasteiger charge is -2.26. The highest BCUT2D eigenvalue weighted by Gasteiger charge is 2.44.